The van der Waals surface area contributed by atoms with Crippen molar-refractivity contribution in [3.8, 4) is 17.0 Å². The van der Waals surface area contributed by atoms with Crippen molar-refractivity contribution >= 4 is 57.1 Å². The van der Waals surface area contributed by atoms with Gasteiger partial charge in [0, 0.05) is 16.1 Å². The molecule has 4 rings (SSSR count). The molecule has 6 heteroatoms. The van der Waals surface area contributed by atoms with Gasteiger partial charge in [0.25, 0.3) is 0 Å². The van der Waals surface area contributed by atoms with Crippen LogP contribution in [0.2, 0.25) is 10.0 Å². The molecule has 0 atom stereocenters. The normalized spacial score (nSPS) is 15.2. The molecule has 2 aromatic carbocycles. The van der Waals surface area contributed by atoms with Crippen LogP contribution in [0.3, 0.4) is 0 Å². The summed E-state index contributed by atoms with van der Waals surface area (Å²) in [5.41, 5.74) is 3.04. The summed E-state index contributed by atoms with van der Waals surface area (Å²) >= 11 is 16.5. The Balaban J connectivity index is 1.80. The molecule has 3 aromatic rings. The SMILES string of the molecule is COc1ccccc1C1(c2nc(-c3ccc(Cl)cc3Cl)c(I)s2)CC1. The van der Waals surface area contributed by atoms with Crippen molar-refractivity contribution in [2.24, 2.45) is 0 Å². The Hall–Kier alpha value is -0.820. The number of thiazole rings is 1. The average molecular weight is 502 g/mol. The van der Waals surface area contributed by atoms with Gasteiger partial charge in [-0.15, -0.1) is 11.3 Å². The fraction of sp³-hybridized carbons (Fsp3) is 0.211. The van der Waals surface area contributed by atoms with Crippen LogP contribution in [0.1, 0.15) is 23.4 Å². The van der Waals surface area contributed by atoms with Gasteiger partial charge in [-0.05, 0) is 59.7 Å². The van der Waals surface area contributed by atoms with Crippen molar-refractivity contribution in [2.45, 2.75) is 18.3 Å². The fourth-order valence-corrected chi connectivity index (χ4v) is 5.72. The third kappa shape index (κ3) is 3.07. The van der Waals surface area contributed by atoms with Crippen molar-refractivity contribution in [1.82, 2.24) is 4.98 Å². The number of halogens is 3. The zero-order valence-electron chi connectivity index (χ0n) is 13.4. The van der Waals surface area contributed by atoms with Gasteiger partial charge < -0.3 is 4.74 Å². The molecule has 0 spiro atoms. The highest BCUT2D eigenvalue weighted by Gasteiger charge is 2.50. The van der Waals surface area contributed by atoms with E-state index in [0.717, 1.165) is 37.7 Å². The monoisotopic (exact) mass is 501 g/mol. The number of hydrogen-bond donors (Lipinski definition) is 0. The molecular formula is C19H14Cl2INOS. The lowest BCUT2D eigenvalue weighted by atomic mass is 9.95. The molecule has 0 aliphatic heterocycles. The van der Waals surface area contributed by atoms with Crippen molar-refractivity contribution in [3.05, 3.63) is 66.0 Å². The molecule has 0 radical (unpaired) electrons. The van der Waals surface area contributed by atoms with E-state index in [9.17, 15) is 0 Å². The predicted octanol–water partition coefficient (Wildman–Crippen LogP) is 6.81. The van der Waals surface area contributed by atoms with Crippen LogP contribution in [0, 0.1) is 2.88 Å². The first kappa shape index (κ1) is 17.6. The largest absolute Gasteiger partial charge is 0.496 e. The standard InChI is InChI=1S/C19H14Cl2INOS/c1-24-15-5-3-2-4-13(15)19(8-9-19)18-23-16(17(22)25-18)12-7-6-11(20)10-14(12)21/h2-7,10H,8-9H2,1H3. The topological polar surface area (TPSA) is 22.1 Å². The molecule has 2 nitrogen and oxygen atoms in total. The second-order valence-electron chi connectivity index (χ2n) is 6.05. The summed E-state index contributed by atoms with van der Waals surface area (Å²) in [4.78, 5) is 4.98. The summed E-state index contributed by atoms with van der Waals surface area (Å²) in [7, 11) is 1.72. The number of ether oxygens (including phenoxy) is 1. The second-order valence-corrected chi connectivity index (χ2v) is 9.70. The predicted molar refractivity (Wildman–Crippen MR) is 113 cm³/mol. The molecule has 0 saturated heterocycles. The number of para-hydroxylation sites is 1. The van der Waals surface area contributed by atoms with Crippen molar-refractivity contribution < 1.29 is 4.74 Å². The van der Waals surface area contributed by atoms with Gasteiger partial charge in [-0.25, -0.2) is 4.98 Å². The first-order valence-corrected chi connectivity index (χ1v) is 10.5. The number of hydrogen-bond acceptors (Lipinski definition) is 3. The molecule has 128 valence electrons. The Morgan fingerprint density at radius 2 is 1.92 bits per heavy atom. The molecule has 1 fully saturated rings. The molecular weight excluding hydrogens is 488 g/mol. The molecule has 1 aromatic heterocycles. The lowest BCUT2D eigenvalue weighted by Gasteiger charge is -2.16. The van der Waals surface area contributed by atoms with Gasteiger partial charge in [-0.2, -0.15) is 0 Å². The fourth-order valence-electron chi connectivity index (χ4n) is 3.12. The van der Waals surface area contributed by atoms with Crippen LogP contribution in [0.15, 0.2) is 42.5 Å². The lowest BCUT2D eigenvalue weighted by molar-refractivity contribution is 0.406. The van der Waals surface area contributed by atoms with Crippen molar-refractivity contribution in [1.29, 1.82) is 0 Å². The van der Waals surface area contributed by atoms with Gasteiger partial charge >= 0.3 is 0 Å². The maximum Gasteiger partial charge on any atom is 0.123 e. The lowest BCUT2D eigenvalue weighted by Crippen LogP contribution is -2.10. The van der Waals surface area contributed by atoms with E-state index in [2.05, 4.69) is 34.7 Å². The van der Waals surface area contributed by atoms with Crippen molar-refractivity contribution in [2.75, 3.05) is 7.11 Å². The zero-order chi connectivity index (χ0) is 17.6. The minimum atomic E-state index is -0.0334. The van der Waals surface area contributed by atoms with E-state index < -0.39 is 0 Å². The molecule has 0 N–H and O–H groups in total. The van der Waals surface area contributed by atoms with Gasteiger partial charge in [0.2, 0.25) is 0 Å². The summed E-state index contributed by atoms with van der Waals surface area (Å²) in [6.45, 7) is 0. The highest BCUT2D eigenvalue weighted by atomic mass is 127. The quantitative estimate of drug-likeness (QED) is 0.366. The highest BCUT2D eigenvalue weighted by Crippen LogP contribution is 2.57. The molecule has 1 heterocycles. The summed E-state index contributed by atoms with van der Waals surface area (Å²) in [5.74, 6) is 0.927. The Morgan fingerprint density at radius 3 is 2.60 bits per heavy atom. The van der Waals surface area contributed by atoms with Gasteiger partial charge in [-0.3, -0.25) is 0 Å². The van der Waals surface area contributed by atoms with Crippen LogP contribution in [-0.2, 0) is 5.41 Å². The Labute approximate surface area is 174 Å². The number of nitrogens with zero attached hydrogens (tertiary/aromatic N) is 1. The number of aromatic nitrogens is 1. The third-order valence-corrected chi connectivity index (χ3v) is 7.32. The second kappa shape index (κ2) is 6.72. The van der Waals surface area contributed by atoms with Crippen LogP contribution >= 0.6 is 57.1 Å². The van der Waals surface area contributed by atoms with E-state index in [1.165, 1.54) is 5.56 Å². The summed E-state index contributed by atoms with van der Waals surface area (Å²) in [5, 5.41) is 2.39. The van der Waals surface area contributed by atoms with E-state index >= 15 is 0 Å². The van der Waals surface area contributed by atoms with E-state index in [0.29, 0.717) is 10.0 Å². The maximum absolute atomic E-state index is 6.40. The minimum absolute atomic E-state index is 0.0334. The highest BCUT2D eigenvalue weighted by molar-refractivity contribution is 14.1. The number of methoxy groups -OCH3 is 1. The molecule has 1 aliphatic carbocycles. The van der Waals surface area contributed by atoms with Crippen LogP contribution in [-0.4, -0.2) is 12.1 Å². The van der Waals surface area contributed by atoms with Crippen LogP contribution < -0.4 is 4.74 Å². The maximum atomic E-state index is 6.40. The summed E-state index contributed by atoms with van der Waals surface area (Å²) < 4.78 is 6.72. The smallest absolute Gasteiger partial charge is 0.123 e. The molecule has 1 aliphatic rings. The number of rotatable bonds is 4. The van der Waals surface area contributed by atoms with Crippen LogP contribution in [0.4, 0.5) is 0 Å². The average Bonchev–Trinajstić information content (AvgIpc) is 3.32. The minimum Gasteiger partial charge on any atom is -0.496 e. The first-order valence-electron chi connectivity index (χ1n) is 7.81. The van der Waals surface area contributed by atoms with Crippen molar-refractivity contribution in [3.63, 3.8) is 0 Å². The molecule has 25 heavy (non-hydrogen) atoms. The summed E-state index contributed by atoms with van der Waals surface area (Å²) in [6.07, 6.45) is 2.18. The molecule has 0 amide bonds. The van der Waals surface area contributed by atoms with E-state index in [-0.39, 0.29) is 5.41 Å². The summed E-state index contributed by atoms with van der Waals surface area (Å²) in [6, 6.07) is 13.8. The number of benzene rings is 2. The first-order chi connectivity index (χ1) is 12.0. The zero-order valence-corrected chi connectivity index (χ0v) is 17.8. The van der Waals surface area contributed by atoms with E-state index in [1.807, 2.05) is 24.3 Å². The molecule has 1 saturated carbocycles. The van der Waals surface area contributed by atoms with E-state index in [4.69, 9.17) is 32.9 Å². The van der Waals surface area contributed by atoms with Crippen LogP contribution in [0.5, 0.6) is 5.75 Å². The Morgan fingerprint density at radius 1 is 1.16 bits per heavy atom. The van der Waals surface area contributed by atoms with Gasteiger partial charge in [0.1, 0.15) is 10.8 Å². The Kier molecular flexibility index (Phi) is 4.73. The third-order valence-electron chi connectivity index (χ3n) is 4.55. The Bertz CT molecular complexity index is 952. The molecule has 0 unspecified atom stereocenters. The van der Waals surface area contributed by atoms with Gasteiger partial charge in [0.15, 0.2) is 0 Å². The van der Waals surface area contributed by atoms with Gasteiger partial charge in [0.05, 0.1) is 26.1 Å². The molecule has 0 bridgehead atoms. The van der Waals surface area contributed by atoms with Crippen LogP contribution in [0.25, 0.3) is 11.3 Å². The van der Waals surface area contributed by atoms with Gasteiger partial charge in [-0.1, -0.05) is 41.4 Å². The van der Waals surface area contributed by atoms with E-state index in [1.54, 1.807) is 24.5 Å².